The van der Waals surface area contributed by atoms with Gasteiger partial charge < -0.3 is 11.1 Å². The third kappa shape index (κ3) is 2.33. The van der Waals surface area contributed by atoms with Crippen molar-refractivity contribution in [2.45, 2.75) is 6.42 Å². The fourth-order valence-corrected chi connectivity index (χ4v) is 1.01. The van der Waals surface area contributed by atoms with Crippen LogP contribution in [0.4, 0.5) is 0 Å². The summed E-state index contributed by atoms with van der Waals surface area (Å²) < 4.78 is 0. The molecule has 0 aromatic heterocycles. The average Bonchev–Trinajstić information content (AvgIpc) is 2.34. The minimum Gasteiger partial charge on any atom is -0.370 e. The molecule has 1 aliphatic rings. The van der Waals surface area contributed by atoms with Crippen molar-refractivity contribution >= 4 is 5.91 Å². The highest BCUT2D eigenvalue weighted by Crippen LogP contribution is 1.92. The third-order valence-corrected chi connectivity index (χ3v) is 1.61. The second kappa shape index (κ2) is 3.53. The molecule has 0 atom stereocenters. The van der Waals surface area contributed by atoms with E-state index in [1.807, 2.05) is 0 Å². The van der Waals surface area contributed by atoms with Crippen LogP contribution in [0.5, 0.6) is 0 Å². The molecule has 0 aromatic carbocycles. The number of nitrogens with one attached hydrogen (secondary N) is 1. The minimum absolute atomic E-state index is 0.216. The number of hydrogen-bond donors (Lipinski definition) is 2. The Bertz CT molecular complexity index is 120. The van der Waals surface area contributed by atoms with Crippen LogP contribution in [0.1, 0.15) is 6.42 Å². The van der Waals surface area contributed by atoms with Gasteiger partial charge in [0.15, 0.2) is 0 Å². The van der Waals surface area contributed by atoms with Crippen molar-refractivity contribution in [2.24, 2.45) is 5.73 Å². The van der Waals surface area contributed by atoms with E-state index in [1.54, 1.807) is 0 Å². The maximum atomic E-state index is 10.3. The van der Waals surface area contributed by atoms with E-state index < -0.39 is 0 Å². The number of amides is 1. The second-order valence-electron chi connectivity index (χ2n) is 2.49. The summed E-state index contributed by atoms with van der Waals surface area (Å²) in [7, 11) is 0. The SMILES string of the molecule is NC(=O)CCN1CCNC1. The zero-order chi connectivity index (χ0) is 7.40. The summed E-state index contributed by atoms with van der Waals surface area (Å²) in [6.45, 7) is 3.75. The first-order valence-electron chi connectivity index (χ1n) is 3.50. The normalized spacial score (nSPS) is 19.6. The number of nitrogens with two attached hydrogens (primary N) is 1. The molecule has 1 amide bonds. The first-order valence-corrected chi connectivity index (χ1v) is 3.50. The van der Waals surface area contributed by atoms with Crippen LogP contribution in [0.15, 0.2) is 0 Å². The van der Waals surface area contributed by atoms with E-state index in [0.29, 0.717) is 6.42 Å². The number of primary amides is 1. The molecule has 1 aliphatic heterocycles. The number of rotatable bonds is 3. The van der Waals surface area contributed by atoms with Gasteiger partial charge in [-0.05, 0) is 0 Å². The molecule has 1 rings (SSSR count). The lowest BCUT2D eigenvalue weighted by atomic mass is 10.4. The molecule has 4 nitrogen and oxygen atoms in total. The Hall–Kier alpha value is -0.610. The van der Waals surface area contributed by atoms with Crippen molar-refractivity contribution in [3.8, 4) is 0 Å². The number of nitrogens with zero attached hydrogens (tertiary/aromatic N) is 1. The molecule has 4 heteroatoms. The van der Waals surface area contributed by atoms with Crippen LogP contribution < -0.4 is 11.1 Å². The summed E-state index contributed by atoms with van der Waals surface area (Å²) in [4.78, 5) is 12.5. The van der Waals surface area contributed by atoms with Gasteiger partial charge >= 0.3 is 0 Å². The summed E-state index contributed by atoms with van der Waals surface area (Å²) in [5.41, 5.74) is 4.98. The Labute approximate surface area is 60.4 Å². The Kier molecular flexibility index (Phi) is 2.65. The van der Waals surface area contributed by atoms with Crippen LogP contribution in [-0.2, 0) is 4.79 Å². The van der Waals surface area contributed by atoms with E-state index in [2.05, 4.69) is 10.2 Å². The number of carbonyl (C=O) groups is 1. The quantitative estimate of drug-likeness (QED) is 0.517. The molecule has 0 bridgehead atoms. The van der Waals surface area contributed by atoms with Gasteiger partial charge in [-0.3, -0.25) is 9.69 Å². The molecular formula is C6H13N3O. The zero-order valence-electron chi connectivity index (χ0n) is 5.97. The summed E-state index contributed by atoms with van der Waals surface area (Å²) in [5, 5.41) is 3.17. The topological polar surface area (TPSA) is 58.4 Å². The molecule has 1 heterocycles. The van der Waals surface area contributed by atoms with Gasteiger partial charge in [0.2, 0.25) is 5.91 Å². The molecule has 0 aromatic rings. The van der Waals surface area contributed by atoms with E-state index >= 15 is 0 Å². The predicted octanol–water partition coefficient (Wildman–Crippen LogP) is -1.28. The van der Waals surface area contributed by atoms with Crippen molar-refractivity contribution in [1.82, 2.24) is 10.2 Å². The first kappa shape index (κ1) is 7.50. The maximum Gasteiger partial charge on any atom is 0.218 e. The standard InChI is InChI=1S/C6H13N3O/c7-6(10)1-3-9-4-2-8-5-9/h8H,1-5H2,(H2,7,10). The van der Waals surface area contributed by atoms with E-state index in [0.717, 1.165) is 26.3 Å². The Morgan fingerprint density at radius 2 is 2.50 bits per heavy atom. The van der Waals surface area contributed by atoms with Crippen molar-refractivity contribution < 1.29 is 4.79 Å². The smallest absolute Gasteiger partial charge is 0.218 e. The molecule has 1 saturated heterocycles. The Balaban J connectivity index is 2.07. The van der Waals surface area contributed by atoms with Gasteiger partial charge in [-0.2, -0.15) is 0 Å². The van der Waals surface area contributed by atoms with Gasteiger partial charge in [-0.1, -0.05) is 0 Å². The Morgan fingerprint density at radius 1 is 1.70 bits per heavy atom. The molecule has 0 aliphatic carbocycles. The van der Waals surface area contributed by atoms with Crippen molar-refractivity contribution in [3.63, 3.8) is 0 Å². The molecule has 0 radical (unpaired) electrons. The van der Waals surface area contributed by atoms with Crippen LogP contribution >= 0.6 is 0 Å². The monoisotopic (exact) mass is 143 g/mol. The molecule has 0 saturated carbocycles. The molecule has 0 spiro atoms. The second-order valence-corrected chi connectivity index (χ2v) is 2.49. The lowest BCUT2D eigenvalue weighted by molar-refractivity contribution is -0.118. The van der Waals surface area contributed by atoms with E-state index in [9.17, 15) is 4.79 Å². The van der Waals surface area contributed by atoms with Crippen LogP contribution in [0.3, 0.4) is 0 Å². The van der Waals surface area contributed by atoms with Crippen molar-refractivity contribution in [3.05, 3.63) is 0 Å². The summed E-state index contributed by atoms with van der Waals surface area (Å²) >= 11 is 0. The maximum absolute atomic E-state index is 10.3. The molecule has 58 valence electrons. The number of hydrogen-bond acceptors (Lipinski definition) is 3. The Morgan fingerprint density at radius 3 is 3.00 bits per heavy atom. The van der Waals surface area contributed by atoms with Crippen LogP contribution in [0.25, 0.3) is 0 Å². The largest absolute Gasteiger partial charge is 0.370 e. The highest BCUT2D eigenvalue weighted by Gasteiger charge is 2.10. The lowest BCUT2D eigenvalue weighted by Gasteiger charge is -2.10. The van der Waals surface area contributed by atoms with Crippen LogP contribution in [-0.4, -0.2) is 37.1 Å². The highest BCUT2D eigenvalue weighted by molar-refractivity contribution is 5.73. The fraction of sp³-hybridized carbons (Fsp3) is 0.833. The molecule has 1 fully saturated rings. The van der Waals surface area contributed by atoms with Crippen molar-refractivity contribution in [1.29, 1.82) is 0 Å². The summed E-state index contributed by atoms with van der Waals surface area (Å²) in [6.07, 6.45) is 0.474. The minimum atomic E-state index is -0.216. The van der Waals surface area contributed by atoms with Crippen molar-refractivity contribution in [2.75, 3.05) is 26.3 Å². The van der Waals surface area contributed by atoms with Gasteiger partial charge in [0, 0.05) is 32.7 Å². The molecule has 10 heavy (non-hydrogen) atoms. The van der Waals surface area contributed by atoms with Gasteiger partial charge in [0.05, 0.1) is 0 Å². The van der Waals surface area contributed by atoms with E-state index in [1.165, 1.54) is 0 Å². The molecular weight excluding hydrogens is 130 g/mol. The summed E-state index contributed by atoms with van der Waals surface area (Å²) in [5.74, 6) is -0.216. The summed E-state index contributed by atoms with van der Waals surface area (Å²) in [6, 6.07) is 0. The average molecular weight is 143 g/mol. The van der Waals surface area contributed by atoms with E-state index in [4.69, 9.17) is 5.73 Å². The van der Waals surface area contributed by atoms with Gasteiger partial charge in [-0.15, -0.1) is 0 Å². The zero-order valence-corrected chi connectivity index (χ0v) is 5.97. The van der Waals surface area contributed by atoms with Gasteiger partial charge in [0.1, 0.15) is 0 Å². The highest BCUT2D eigenvalue weighted by atomic mass is 16.1. The lowest BCUT2D eigenvalue weighted by Crippen LogP contribution is -2.26. The fourth-order valence-electron chi connectivity index (χ4n) is 1.01. The van der Waals surface area contributed by atoms with Crippen LogP contribution in [0.2, 0.25) is 0 Å². The number of carbonyl (C=O) groups excluding carboxylic acids is 1. The predicted molar refractivity (Wildman–Crippen MR) is 38.3 cm³/mol. The first-order chi connectivity index (χ1) is 4.79. The van der Waals surface area contributed by atoms with Crippen LogP contribution in [0, 0.1) is 0 Å². The van der Waals surface area contributed by atoms with Gasteiger partial charge in [-0.25, -0.2) is 0 Å². The van der Waals surface area contributed by atoms with Gasteiger partial charge in [0.25, 0.3) is 0 Å². The molecule has 0 unspecified atom stereocenters. The molecule has 3 N–H and O–H groups in total. The van der Waals surface area contributed by atoms with E-state index in [-0.39, 0.29) is 5.91 Å². The third-order valence-electron chi connectivity index (χ3n) is 1.61.